The van der Waals surface area contributed by atoms with E-state index >= 15 is 0 Å². The Kier molecular flexibility index (Phi) is 5.85. The van der Waals surface area contributed by atoms with Crippen LogP contribution in [0, 0.1) is 0 Å². The van der Waals surface area contributed by atoms with E-state index in [1.807, 2.05) is 37.3 Å². The van der Waals surface area contributed by atoms with Crippen molar-refractivity contribution in [2.75, 3.05) is 0 Å². The normalized spacial score (nSPS) is 11.9. The average Bonchev–Trinajstić information content (AvgIpc) is 2.31. The molecule has 0 saturated carbocycles. The monoisotopic (exact) mass is 250 g/mol. The van der Waals surface area contributed by atoms with Crippen LogP contribution in [0.25, 0.3) is 0 Å². The van der Waals surface area contributed by atoms with Gasteiger partial charge in [0.05, 0.1) is 11.1 Å². The molecule has 0 aliphatic carbocycles. The molecule has 1 atom stereocenters. The lowest BCUT2D eigenvalue weighted by Crippen LogP contribution is -2.12. The molecular weight excluding hydrogens is 232 g/mol. The first kappa shape index (κ1) is 13.9. The molecular formula is C15H19ClO. The van der Waals surface area contributed by atoms with Crippen LogP contribution in [0.5, 0.6) is 5.75 Å². The highest BCUT2D eigenvalue weighted by molar-refractivity contribution is 6.32. The third-order valence-corrected chi connectivity index (χ3v) is 2.81. The molecule has 1 aromatic carbocycles. The van der Waals surface area contributed by atoms with Gasteiger partial charge in [-0.1, -0.05) is 35.9 Å². The third-order valence-electron chi connectivity index (χ3n) is 2.51. The average molecular weight is 251 g/mol. The van der Waals surface area contributed by atoms with E-state index in [2.05, 4.69) is 13.2 Å². The standard InChI is InChI=1S/C15H19ClO/c1-4-6-9-12(3)17-15-13(8-5-2)10-7-11-14(15)16/h4-5,7,10-12H,1-2,6,8-9H2,3H3. The summed E-state index contributed by atoms with van der Waals surface area (Å²) in [6, 6.07) is 5.80. The first-order valence-electron chi connectivity index (χ1n) is 5.84. The Morgan fingerprint density at radius 2 is 2.12 bits per heavy atom. The van der Waals surface area contributed by atoms with Gasteiger partial charge in [0.15, 0.2) is 0 Å². The lowest BCUT2D eigenvalue weighted by molar-refractivity contribution is 0.211. The van der Waals surface area contributed by atoms with E-state index in [1.54, 1.807) is 0 Å². The van der Waals surface area contributed by atoms with Crippen molar-refractivity contribution in [3.05, 3.63) is 54.1 Å². The van der Waals surface area contributed by atoms with Gasteiger partial charge >= 0.3 is 0 Å². The smallest absolute Gasteiger partial charge is 0.141 e. The van der Waals surface area contributed by atoms with Crippen molar-refractivity contribution in [2.24, 2.45) is 0 Å². The number of hydrogen-bond donors (Lipinski definition) is 0. The molecule has 0 amide bonds. The number of allylic oxidation sites excluding steroid dienone is 2. The molecule has 1 rings (SSSR count). The Morgan fingerprint density at radius 1 is 1.35 bits per heavy atom. The van der Waals surface area contributed by atoms with Crippen molar-refractivity contribution >= 4 is 11.6 Å². The van der Waals surface area contributed by atoms with Gasteiger partial charge in [-0.2, -0.15) is 0 Å². The highest BCUT2D eigenvalue weighted by Crippen LogP contribution is 2.30. The summed E-state index contributed by atoms with van der Waals surface area (Å²) < 4.78 is 5.90. The van der Waals surface area contributed by atoms with E-state index in [9.17, 15) is 0 Å². The van der Waals surface area contributed by atoms with Gasteiger partial charge in [-0.05, 0) is 37.8 Å². The molecule has 0 aromatic heterocycles. The second-order valence-electron chi connectivity index (χ2n) is 4.02. The van der Waals surface area contributed by atoms with Crippen LogP contribution in [-0.2, 0) is 6.42 Å². The maximum absolute atomic E-state index is 6.16. The van der Waals surface area contributed by atoms with E-state index < -0.39 is 0 Å². The van der Waals surface area contributed by atoms with Crippen molar-refractivity contribution in [1.82, 2.24) is 0 Å². The zero-order chi connectivity index (χ0) is 12.7. The van der Waals surface area contributed by atoms with Crippen molar-refractivity contribution < 1.29 is 4.74 Å². The third kappa shape index (κ3) is 4.27. The summed E-state index contributed by atoms with van der Waals surface area (Å²) in [4.78, 5) is 0. The maximum atomic E-state index is 6.16. The van der Waals surface area contributed by atoms with Gasteiger partial charge in [0.1, 0.15) is 5.75 Å². The van der Waals surface area contributed by atoms with Crippen LogP contribution >= 0.6 is 11.6 Å². The van der Waals surface area contributed by atoms with Crippen molar-refractivity contribution in [2.45, 2.75) is 32.3 Å². The fraction of sp³-hybridized carbons (Fsp3) is 0.333. The number of para-hydroxylation sites is 1. The van der Waals surface area contributed by atoms with Crippen LogP contribution in [0.1, 0.15) is 25.3 Å². The summed E-state index contributed by atoms with van der Waals surface area (Å²) in [7, 11) is 0. The predicted octanol–water partition coefficient (Wildman–Crippen LogP) is 4.80. The molecule has 2 heteroatoms. The van der Waals surface area contributed by atoms with Gasteiger partial charge in [-0.15, -0.1) is 13.2 Å². The maximum Gasteiger partial charge on any atom is 0.141 e. The van der Waals surface area contributed by atoms with E-state index in [0.29, 0.717) is 5.02 Å². The minimum atomic E-state index is 0.136. The lowest BCUT2D eigenvalue weighted by atomic mass is 10.1. The number of rotatable bonds is 7. The van der Waals surface area contributed by atoms with Crippen LogP contribution in [0.2, 0.25) is 5.02 Å². The fourth-order valence-electron chi connectivity index (χ4n) is 1.61. The number of hydrogen-bond acceptors (Lipinski definition) is 1. The van der Waals surface area contributed by atoms with Gasteiger partial charge in [-0.3, -0.25) is 0 Å². The second kappa shape index (κ2) is 7.18. The second-order valence-corrected chi connectivity index (χ2v) is 4.42. The molecule has 17 heavy (non-hydrogen) atoms. The van der Waals surface area contributed by atoms with Crippen LogP contribution in [-0.4, -0.2) is 6.10 Å². The van der Waals surface area contributed by atoms with Crippen LogP contribution in [0.4, 0.5) is 0 Å². The van der Waals surface area contributed by atoms with E-state index in [4.69, 9.17) is 16.3 Å². The summed E-state index contributed by atoms with van der Waals surface area (Å²) in [5.74, 6) is 0.783. The van der Waals surface area contributed by atoms with Gasteiger partial charge in [0, 0.05) is 0 Å². The van der Waals surface area contributed by atoms with Crippen molar-refractivity contribution in [3.63, 3.8) is 0 Å². The van der Waals surface area contributed by atoms with E-state index in [-0.39, 0.29) is 6.10 Å². The van der Waals surface area contributed by atoms with E-state index in [0.717, 1.165) is 30.6 Å². The summed E-state index contributed by atoms with van der Waals surface area (Å²) in [6.45, 7) is 9.50. The minimum absolute atomic E-state index is 0.136. The van der Waals surface area contributed by atoms with Gasteiger partial charge in [0.2, 0.25) is 0 Å². The molecule has 0 N–H and O–H groups in total. The first-order chi connectivity index (χ1) is 8.19. The molecule has 1 nitrogen and oxygen atoms in total. The lowest BCUT2D eigenvalue weighted by Gasteiger charge is -2.17. The van der Waals surface area contributed by atoms with Crippen LogP contribution in [0.15, 0.2) is 43.5 Å². The fourth-order valence-corrected chi connectivity index (χ4v) is 1.85. The summed E-state index contributed by atoms with van der Waals surface area (Å²) in [6.07, 6.45) is 6.55. The summed E-state index contributed by atoms with van der Waals surface area (Å²) in [5, 5.41) is 0.662. The molecule has 1 aromatic rings. The van der Waals surface area contributed by atoms with Gasteiger partial charge < -0.3 is 4.74 Å². The zero-order valence-corrected chi connectivity index (χ0v) is 11.0. The molecule has 0 aliphatic heterocycles. The molecule has 0 radical (unpaired) electrons. The highest BCUT2D eigenvalue weighted by atomic mass is 35.5. The Labute approximate surface area is 109 Å². The van der Waals surface area contributed by atoms with Crippen molar-refractivity contribution in [1.29, 1.82) is 0 Å². The molecule has 0 saturated heterocycles. The summed E-state index contributed by atoms with van der Waals surface area (Å²) >= 11 is 6.16. The molecule has 0 spiro atoms. The summed E-state index contributed by atoms with van der Waals surface area (Å²) in [5.41, 5.74) is 1.08. The molecule has 0 aliphatic rings. The van der Waals surface area contributed by atoms with Gasteiger partial charge in [-0.25, -0.2) is 0 Å². The molecule has 0 fully saturated rings. The van der Waals surface area contributed by atoms with E-state index in [1.165, 1.54) is 0 Å². The highest BCUT2D eigenvalue weighted by Gasteiger charge is 2.10. The molecule has 1 unspecified atom stereocenters. The quantitative estimate of drug-likeness (QED) is 0.632. The minimum Gasteiger partial charge on any atom is -0.489 e. The SMILES string of the molecule is C=CCCC(C)Oc1c(Cl)cccc1CC=C. The topological polar surface area (TPSA) is 9.23 Å². The molecule has 92 valence electrons. The van der Waals surface area contributed by atoms with Crippen LogP contribution < -0.4 is 4.74 Å². The number of halogens is 1. The Bertz CT molecular complexity index is 385. The van der Waals surface area contributed by atoms with Crippen molar-refractivity contribution in [3.8, 4) is 5.75 Å². The zero-order valence-electron chi connectivity index (χ0n) is 10.3. The number of benzene rings is 1. The Morgan fingerprint density at radius 3 is 2.76 bits per heavy atom. The largest absolute Gasteiger partial charge is 0.489 e. The number of ether oxygens (including phenoxy) is 1. The molecule has 0 bridgehead atoms. The Hall–Kier alpha value is -1.21. The van der Waals surface area contributed by atoms with Crippen LogP contribution in [0.3, 0.4) is 0 Å². The predicted molar refractivity (Wildman–Crippen MR) is 74.9 cm³/mol. The molecule has 0 heterocycles. The van der Waals surface area contributed by atoms with Gasteiger partial charge in [0.25, 0.3) is 0 Å². The first-order valence-corrected chi connectivity index (χ1v) is 6.22. The Balaban J connectivity index is 2.80.